The predicted octanol–water partition coefficient (Wildman–Crippen LogP) is 2.02. The lowest BCUT2D eigenvalue weighted by atomic mass is 10.2. The van der Waals surface area contributed by atoms with Crippen LogP contribution in [0.15, 0.2) is 18.2 Å². The zero-order valence-electron chi connectivity index (χ0n) is 7.10. The van der Waals surface area contributed by atoms with E-state index in [4.69, 9.17) is 17.3 Å². The highest BCUT2D eigenvalue weighted by Gasteiger charge is 1.96. The van der Waals surface area contributed by atoms with Crippen molar-refractivity contribution in [3.63, 3.8) is 0 Å². The Hall–Kier alpha value is -0.730. The monoisotopic (exact) mass is 184 g/mol. The molecular weight excluding hydrogens is 172 g/mol. The van der Waals surface area contributed by atoms with Gasteiger partial charge in [0.15, 0.2) is 0 Å². The van der Waals surface area contributed by atoms with Crippen LogP contribution in [-0.2, 0) is 0 Å². The fraction of sp³-hybridized carbons (Fsp3) is 0.333. The van der Waals surface area contributed by atoms with Gasteiger partial charge in [-0.15, -0.1) is 0 Å². The van der Waals surface area contributed by atoms with E-state index in [1.165, 1.54) is 5.56 Å². The fourth-order valence-corrected chi connectivity index (χ4v) is 1.16. The summed E-state index contributed by atoms with van der Waals surface area (Å²) in [5.41, 5.74) is 7.62. The van der Waals surface area contributed by atoms with Crippen LogP contribution in [0.4, 0.5) is 5.69 Å². The van der Waals surface area contributed by atoms with E-state index in [0.29, 0.717) is 6.54 Å². The van der Waals surface area contributed by atoms with Gasteiger partial charge in [0.05, 0.1) is 0 Å². The molecule has 0 amide bonds. The minimum absolute atomic E-state index is 0.631. The molecule has 0 atom stereocenters. The zero-order chi connectivity index (χ0) is 8.97. The molecule has 0 spiro atoms. The normalized spacial score (nSPS) is 9.92. The third-order valence-corrected chi connectivity index (χ3v) is 1.89. The summed E-state index contributed by atoms with van der Waals surface area (Å²) in [5.74, 6) is 0. The van der Waals surface area contributed by atoms with Crippen molar-refractivity contribution in [2.75, 3.05) is 18.4 Å². The van der Waals surface area contributed by atoms with E-state index < -0.39 is 0 Å². The van der Waals surface area contributed by atoms with E-state index >= 15 is 0 Å². The zero-order valence-corrected chi connectivity index (χ0v) is 7.86. The lowest BCUT2D eigenvalue weighted by molar-refractivity contribution is 1.02. The van der Waals surface area contributed by atoms with E-state index in [9.17, 15) is 0 Å². The molecule has 3 N–H and O–H groups in total. The van der Waals surface area contributed by atoms with Crippen LogP contribution in [0, 0.1) is 6.92 Å². The highest BCUT2D eigenvalue weighted by Crippen LogP contribution is 2.19. The van der Waals surface area contributed by atoms with Gasteiger partial charge in [-0.3, -0.25) is 0 Å². The van der Waals surface area contributed by atoms with Gasteiger partial charge in [-0.1, -0.05) is 17.7 Å². The number of hydrogen-bond acceptors (Lipinski definition) is 2. The molecule has 0 aromatic heterocycles. The lowest BCUT2D eigenvalue weighted by Crippen LogP contribution is -2.13. The molecule has 0 aliphatic rings. The Morgan fingerprint density at radius 1 is 1.50 bits per heavy atom. The molecule has 1 aromatic rings. The first-order valence-corrected chi connectivity index (χ1v) is 4.32. The van der Waals surface area contributed by atoms with Crippen LogP contribution in [0.3, 0.4) is 0 Å². The first kappa shape index (κ1) is 9.36. The molecule has 0 saturated carbocycles. The Labute approximate surface area is 77.7 Å². The molecule has 0 bridgehead atoms. The van der Waals surface area contributed by atoms with E-state index in [-0.39, 0.29) is 0 Å². The number of rotatable bonds is 3. The van der Waals surface area contributed by atoms with Crippen LogP contribution in [0.5, 0.6) is 0 Å². The van der Waals surface area contributed by atoms with Gasteiger partial charge in [0.25, 0.3) is 0 Å². The first-order valence-electron chi connectivity index (χ1n) is 3.94. The van der Waals surface area contributed by atoms with Crippen LogP contribution in [0.1, 0.15) is 5.56 Å². The molecule has 0 fully saturated rings. The summed E-state index contributed by atoms with van der Waals surface area (Å²) in [6.45, 7) is 3.45. The van der Waals surface area contributed by atoms with E-state index in [2.05, 4.69) is 5.32 Å². The average molecular weight is 185 g/mol. The first-order chi connectivity index (χ1) is 5.74. The summed E-state index contributed by atoms with van der Waals surface area (Å²) < 4.78 is 0. The molecule has 0 aliphatic heterocycles. The quantitative estimate of drug-likeness (QED) is 0.755. The largest absolute Gasteiger partial charge is 0.384 e. The summed E-state index contributed by atoms with van der Waals surface area (Å²) in [4.78, 5) is 0. The Morgan fingerprint density at radius 2 is 2.25 bits per heavy atom. The third kappa shape index (κ3) is 2.40. The van der Waals surface area contributed by atoms with Crippen LogP contribution in [0.25, 0.3) is 0 Å². The van der Waals surface area contributed by atoms with Gasteiger partial charge in [0, 0.05) is 23.8 Å². The number of anilines is 1. The van der Waals surface area contributed by atoms with E-state index in [0.717, 1.165) is 17.3 Å². The number of aryl methyl sites for hydroxylation is 1. The van der Waals surface area contributed by atoms with Crippen LogP contribution in [0.2, 0.25) is 5.02 Å². The molecular formula is C9H13ClN2. The van der Waals surface area contributed by atoms with Gasteiger partial charge in [-0.05, 0) is 24.6 Å². The summed E-state index contributed by atoms with van der Waals surface area (Å²) in [6, 6.07) is 5.78. The minimum Gasteiger partial charge on any atom is -0.384 e. The Bertz CT molecular complexity index is 261. The maximum absolute atomic E-state index is 5.82. The molecule has 0 radical (unpaired) electrons. The van der Waals surface area contributed by atoms with Gasteiger partial charge in [0.1, 0.15) is 0 Å². The van der Waals surface area contributed by atoms with E-state index in [1.807, 2.05) is 25.1 Å². The third-order valence-electron chi connectivity index (χ3n) is 1.66. The van der Waals surface area contributed by atoms with Crippen molar-refractivity contribution in [3.8, 4) is 0 Å². The van der Waals surface area contributed by atoms with Crippen molar-refractivity contribution in [3.05, 3.63) is 28.8 Å². The molecule has 0 saturated heterocycles. The maximum Gasteiger partial charge on any atom is 0.0426 e. The summed E-state index contributed by atoms with van der Waals surface area (Å²) in [5, 5.41) is 3.94. The summed E-state index contributed by atoms with van der Waals surface area (Å²) >= 11 is 5.82. The Kier molecular flexibility index (Phi) is 3.38. The van der Waals surface area contributed by atoms with Crippen molar-refractivity contribution >= 4 is 17.3 Å². The minimum atomic E-state index is 0.631. The predicted molar refractivity (Wildman–Crippen MR) is 53.7 cm³/mol. The molecule has 12 heavy (non-hydrogen) atoms. The molecule has 3 heteroatoms. The number of halogens is 1. The molecule has 0 aliphatic carbocycles. The number of benzene rings is 1. The maximum atomic E-state index is 5.82. The van der Waals surface area contributed by atoms with Crippen LogP contribution < -0.4 is 11.1 Å². The second kappa shape index (κ2) is 4.33. The molecule has 0 unspecified atom stereocenters. The molecule has 2 nitrogen and oxygen atoms in total. The average Bonchev–Trinajstić information content (AvgIpc) is 2.07. The van der Waals surface area contributed by atoms with Crippen molar-refractivity contribution in [1.82, 2.24) is 0 Å². The van der Waals surface area contributed by atoms with Gasteiger partial charge in [-0.25, -0.2) is 0 Å². The van der Waals surface area contributed by atoms with E-state index in [1.54, 1.807) is 0 Å². The number of nitrogens with one attached hydrogen (secondary N) is 1. The van der Waals surface area contributed by atoms with Gasteiger partial charge >= 0.3 is 0 Å². The summed E-state index contributed by atoms with van der Waals surface area (Å²) in [7, 11) is 0. The molecule has 66 valence electrons. The lowest BCUT2D eigenvalue weighted by Gasteiger charge is -2.07. The second-order valence-corrected chi connectivity index (χ2v) is 3.11. The van der Waals surface area contributed by atoms with Gasteiger partial charge < -0.3 is 11.1 Å². The second-order valence-electron chi connectivity index (χ2n) is 2.67. The van der Waals surface area contributed by atoms with Gasteiger partial charge in [0.2, 0.25) is 0 Å². The topological polar surface area (TPSA) is 38.0 Å². The molecule has 0 heterocycles. The van der Waals surface area contributed by atoms with Crippen molar-refractivity contribution in [2.45, 2.75) is 6.92 Å². The van der Waals surface area contributed by atoms with Gasteiger partial charge in [-0.2, -0.15) is 0 Å². The van der Waals surface area contributed by atoms with Crippen molar-refractivity contribution in [1.29, 1.82) is 0 Å². The fourth-order valence-electron chi connectivity index (χ4n) is 0.992. The Morgan fingerprint density at radius 3 is 2.92 bits per heavy atom. The number of nitrogens with two attached hydrogens (primary N) is 1. The standard InChI is InChI=1S/C9H13ClN2/c1-7-2-3-8(10)6-9(7)12-5-4-11/h2-3,6,12H,4-5,11H2,1H3. The molecule has 1 aromatic carbocycles. The van der Waals surface area contributed by atoms with Crippen LogP contribution >= 0.6 is 11.6 Å². The Balaban J connectivity index is 2.75. The van der Waals surface area contributed by atoms with Crippen molar-refractivity contribution < 1.29 is 0 Å². The highest BCUT2D eigenvalue weighted by molar-refractivity contribution is 6.30. The number of hydrogen-bond donors (Lipinski definition) is 2. The SMILES string of the molecule is Cc1ccc(Cl)cc1NCCN. The smallest absolute Gasteiger partial charge is 0.0426 e. The van der Waals surface area contributed by atoms with Crippen molar-refractivity contribution in [2.24, 2.45) is 5.73 Å². The highest BCUT2D eigenvalue weighted by atomic mass is 35.5. The summed E-state index contributed by atoms with van der Waals surface area (Å²) in [6.07, 6.45) is 0. The van der Waals surface area contributed by atoms with Crippen LogP contribution in [-0.4, -0.2) is 13.1 Å². The molecule has 1 rings (SSSR count).